The molecule has 0 N–H and O–H groups in total. The third kappa shape index (κ3) is 9.01. The van der Waals surface area contributed by atoms with Crippen LogP contribution in [0.25, 0.3) is 0 Å². The predicted octanol–water partition coefficient (Wildman–Crippen LogP) is 0.177. The molecular formula is C3H6CuO2. The van der Waals surface area contributed by atoms with Crippen LogP contribution in [0.1, 0.15) is 6.92 Å². The molecule has 0 saturated carbocycles. The van der Waals surface area contributed by atoms with Gasteiger partial charge in [0.25, 0.3) is 0 Å². The Balaban J connectivity index is 0. The van der Waals surface area contributed by atoms with Crippen LogP contribution in [0.3, 0.4) is 0 Å². The topological polar surface area (TPSA) is 26.3 Å². The van der Waals surface area contributed by atoms with Gasteiger partial charge in [-0.2, -0.15) is 0 Å². The molecule has 2 nitrogen and oxygen atoms in total. The van der Waals surface area contributed by atoms with Crippen molar-refractivity contribution >= 4 is 5.97 Å². The summed E-state index contributed by atoms with van der Waals surface area (Å²) >= 11 is 0. The van der Waals surface area contributed by atoms with E-state index >= 15 is 0 Å². The van der Waals surface area contributed by atoms with E-state index in [0.29, 0.717) is 0 Å². The van der Waals surface area contributed by atoms with E-state index in [-0.39, 0.29) is 23.0 Å². The van der Waals surface area contributed by atoms with Crippen LogP contribution in [0.5, 0.6) is 0 Å². The zero-order chi connectivity index (χ0) is 4.28. The Kier molecular flexibility index (Phi) is 7.79. The Bertz CT molecular complexity index is 44.1. The first-order chi connectivity index (χ1) is 2.27. The summed E-state index contributed by atoms with van der Waals surface area (Å²) in [5.41, 5.74) is 0. The molecule has 41 valence electrons. The number of hydrogen-bond acceptors (Lipinski definition) is 2. The van der Waals surface area contributed by atoms with Gasteiger partial charge in [-0.3, -0.25) is 4.79 Å². The van der Waals surface area contributed by atoms with E-state index in [9.17, 15) is 4.79 Å². The van der Waals surface area contributed by atoms with E-state index in [1.54, 1.807) is 0 Å². The quantitative estimate of drug-likeness (QED) is 0.352. The largest absolute Gasteiger partial charge is 0.469 e. The smallest absolute Gasteiger partial charge is 0.302 e. The maximum Gasteiger partial charge on any atom is 0.302 e. The van der Waals surface area contributed by atoms with Crippen molar-refractivity contribution in [3.63, 3.8) is 0 Å². The molecule has 0 amide bonds. The van der Waals surface area contributed by atoms with Crippen LogP contribution >= 0.6 is 0 Å². The van der Waals surface area contributed by atoms with Gasteiger partial charge in [-0.25, -0.2) is 0 Å². The summed E-state index contributed by atoms with van der Waals surface area (Å²) in [7, 11) is 1.35. The molecule has 0 aromatic heterocycles. The second-order valence-corrected chi connectivity index (χ2v) is 0.696. The number of carbonyl (C=O) groups excluding carboxylic acids is 1. The minimum atomic E-state index is -0.245. The first-order valence-corrected chi connectivity index (χ1v) is 1.32. The molecular weight excluding hydrogens is 132 g/mol. The van der Waals surface area contributed by atoms with Gasteiger partial charge in [0, 0.05) is 24.0 Å². The van der Waals surface area contributed by atoms with Crippen molar-refractivity contribution in [2.45, 2.75) is 6.92 Å². The first-order valence-electron chi connectivity index (χ1n) is 1.32. The molecule has 0 spiro atoms. The molecule has 0 aromatic rings. The van der Waals surface area contributed by atoms with Gasteiger partial charge < -0.3 is 4.74 Å². The monoisotopic (exact) mass is 137 g/mol. The Morgan fingerprint density at radius 3 is 1.83 bits per heavy atom. The van der Waals surface area contributed by atoms with Gasteiger partial charge in [-0.1, -0.05) is 0 Å². The van der Waals surface area contributed by atoms with Crippen LogP contribution in [-0.4, -0.2) is 13.1 Å². The van der Waals surface area contributed by atoms with Crippen molar-refractivity contribution < 1.29 is 26.6 Å². The average Bonchev–Trinajstić information content (AvgIpc) is 1.38. The fraction of sp³-hybridized carbons (Fsp3) is 0.667. The standard InChI is InChI=1S/C3H6O2.Cu/c1-3(4)5-2;/h1-2H3;. The summed E-state index contributed by atoms with van der Waals surface area (Å²) in [5.74, 6) is -0.245. The summed E-state index contributed by atoms with van der Waals surface area (Å²) in [6, 6.07) is 0. The zero-order valence-corrected chi connectivity index (χ0v) is 4.56. The molecule has 0 aliphatic heterocycles. The third-order valence-electron chi connectivity index (χ3n) is 0.287. The third-order valence-corrected chi connectivity index (χ3v) is 0.287. The van der Waals surface area contributed by atoms with Gasteiger partial charge >= 0.3 is 5.97 Å². The Hall–Kier alpha value is -0.0105. The Morgan fingerprint density at radius 2 is 1.83 bits per heavy atom. The van der Waals surface area contributed by atoms with Gasteiger partial charge in [-0.05, 0) is 0 Å². The normalized spacial score (nSPS) is 5.67. The minimum Gasteiger partial charge on any atom is -0.469 e. The molecule has 0 saturated heterocycles. The van der Waals surface area contributed by atoms with Gasteiger partial charge in [-0.15, -0.1) is 0 Å². The van der Waals surface area contributed by atoms with Crippen LogP contribution < -0.4 is 0 Å². The van der Waals surface area contributed by atoms with E-state index in [4.69, 9.17) is 0 Å². The summed E-state index contributed by atoms with van der Waals surface area (Å²) in [6.07, 6.45) is 0. The van der Waals surface area contributed by atoms with E-state index in [2.05, 4.69) is 4.74 Å². The van der Waals surface area contributed by atoms with Crippen LogP contribution in [0.4, 0.5) is 0 Å². The molecule has 0 atom stereocenters. The molecule has 0 aliphatic rings. The average molecular weight is 138 g/mol. The summed E-state index contributed by atoms with van der Waals surface area (Å²) < 4.78 is 4.11. The van der Waals surface area contributed by atoms with E-state index < -0.39 is 0 Å². The maximum atomic E-state index is 9.59. The van der Waals surface area contributed by atoms with Gasteiger partial charge in [0.05, 0.1) is 7.11 Å². The molecule has 0 aliphatic carbocycles. The maximum absolute atomic E-state index is 9.59. The fourth-order valence-electron chi connectivity index (χ4n) is 0. The molecule has 1 radical (unpaired) electrons. The second-order valence-electron chi connectivity index (χ2n) is 0.696. The van der Waals surface area contributed by atoms with Crippen LogP contribution in [0.15, 0.2) is 0 Å². The molecule has 3 heteroatoms. The minimum absolute atomic E-state index is 0. The number of hydrogen-bond donors (Lipinski definition) is 0. The number of ether oxygens (including phenoxy) is 1. The van der Waals surface area contributed by atoms with Gasteiger partial charge in [0.2, 0.25) is 0 Å². The van der Waals surface area contributed by atoms with Crippen molar-refractivity contribution in [3.05, 3.63) is 0 Å². The zero-order valence-electron chi connectivity index (χ0n) is 3.62. The van der Waals surface area contributed by atoms with Crippen molar-refractivity contribution in [2.24, 2.45) is 0 Å². The van der Waals surface area contributed by atoms with Crippen molar-refractivity contribution in [1.82, 2.24) is 0 Å². The molecule has 0 heterocycles. The van der Waals surface area contributed by atoms with E-state index in [0.717, 1.165) is 0 Å². The number of esters is 1. The summed E-state index contributed by atoms with van der Waals surface area (Å²) in [5, 5.41) is 0. The first kappa shape index (κ1) is 9.37. The molecule has 0 bridgehead atoms. The number of carbonyl (C=O) groups is 1. The van der Waals surface area contributed by atoms with Gasteiger partial charge in [0.1, 0.15) is 0 Å². The van der Waals surface area contributed by atoms with Crippen molar-refractivity contribution in [2.75, 3.05) is 7.11 Å². The van der Waals surface area contributed by atoms with Crippen LogP contribution in [-0.2, 0) is 26.6 Å². The second kappa shape index (κ2) is 4.99. The van der Waals surface area contributed by atoms with Crippen molar-refractivity contribution in [3.8, 4) is 0 Å². The predicted molar refractivity (Wildman–Crippen MR) is 17.7 cm³/mol. The fourth-order valence-corrected chi connectivity index (χ4v) is 0. The van der Waals surface area contributed by atoms with Gasteiger partial charge in [0.15, 0.2) is 0 Å². The van der Waals surface area contributed by atoms with E-state index in [1.165, 1.54) is 14.0 Å². The number of methoxy groups -OCH3 is 1. The van der Waals surface area contributed by atoms with E-state index in [1.807, 2.05) is 0 Å². The molecule has 6 heavy (non-hydrogen) atoms. The van der Waals surface area contributed by atoms with Crippen LogP contribution in [0.2, 0.25) is 0 Å². The Labute approximate surface area is 47.3 Å². The SMILES string of the molecule is COC(C)=O.[Cu]. The number of rotatable bonds is 0. The molecule has 0 aromatic carbocycles. The molecule has 0 fully saturated rings. The molecule has 0 unspecified atom stereocenters. The molecule has 0 rings (SSSR count). The van der Waals surface area contributed by atoms with Crippen LogP contribution in [0, 0.1) is 0 Å². The Morgan fingerprint density at radius 1 is 1.67 bits per heavy atom. The summed E-state index contributed by atoms with van der Waals surface area (Å²) in [4.78, 5) is 9.59. The summed E-state index contributed by atoms with van der Waals surface area (Å²) in [6.45, 7) is 1.36. The van der Waals surface area contributed by atoms with Crippen molar-refractivity contribution in [1.29, 1.82) is 0 Å².